The third-order valence-electron chi connectivity index (χ3n) is 3.79. The third-order valence-corrected chi connectivity index (χ3v) is 4.60. The van der Waals surface area contributed by atoms with Gasteiger partial charge in [-0.15, -0.1) is 0 Å². The molecule has 1 saturated heterocycles. The summed E-state index contributed by atoms with van der Waals surface area (Å²) in [5.74, 6) is 0.0783. The van der Waals surface area contributed by atoms with Gasteiger partial charge in [-0.1, -0.05) is 18.2 Å². The number of methoxy groups -OCH3 is 1. The predicted octanol–water partition coefficient (Wildman–Crippen LogP) is 3.35. The van der Waals surface area contributed by atoms with Crippen molar-refractivity contribution in [1.82, 2.24) is 5.32 Å². The van der Waals surface area contributed by atoms with Crippen molar-refractivity contribution in [3.05, 3.63) is 58.5 Å². The molecule has 2 aromatic rings. The Labute approximate surface area is 166 Å². The molecule has 0 atom stereocenters. The molecule has 0 spiro atoms. The summed E-state index contributed by atoms with van der Waals surface area (Å²) >= 11 is 0.839. The van der Waals surface area contributed by atoms with E-state index in [-0.39, 0.29) is 12.5 Å². The van der Waals surface area contributed by atoms with Crippen LogP contribution < -0.4 is 20.1 Å². The van der Waals surface area contributed by atoms with Crippen molar-refractivity contribution in [2.75, 3.05) is 19.0 Å². The molecule has 1 heterocycles. The van der Waals surface area contributed by atoms with Gasteiger partial charge in [0.2, 0.25) is 0 Å². The Morgan fingerprint density at radius 3 is 2.68 bits per heavy atom. The summed E-state index contributed by atoms with van der Waals surface area (Å²) in [7, 11) is 1.48. The van der Waals surface area contributed by atoms with Gasteiger partial charge in [0.05, 0.1) is 12.0 Å². The van der Waals surface area contributed by atoms with Crippen LogP contribution in [0, 0.1) is 6.92 Å². The number of rotatable bonds is 6. The lowest BCUT2D eigenvalue weighted by atomic mass is 10.2. The number of ether oxygens (including phenoxy) is 2. The monoisotopic (exact) mass is 398 g/mol. The summed E-state index contributed by atoms with van der Waals surface area (Å²) in [6, 6.07) is 12.5. The molecule has 28 heavy (non-hydrogen) atoms. The van der Waals surface area contributed by atoms with Crippen LogP contribution in [-0.4, -0.2) is 30.8 Å². The maximum absolute atomic E-state index is 12.1. The molecule has 2 N–H and O–H groups in total. The number of aryl methyl sites for hydroxylation is 1. The molecule has 144 valence electrons. The van der Waals surface area contributed by atoms with Gasteiger partial charge in [0.1, 0.15) is 0 Å². The van der Waals surface area contributed by atoms with E-state index in [0.29, 0.717) is 27.7 Å². The maximum atomic E-state index is 12.1. The quantitative estimate of drug-likeness (QED) is 0.725. The van der Waals surface area contributed by atoms with E-state index in [1.807, 2.05) is 25.1 Å². The molecule has 3 amide bonds. The molecule has 1 aliphatic heterocycles. The van der Waals surface area contributed by atoms with E-state index in [1.165, 1.54) is 7.11 Å². The smallest absolute Gasteiger partial charge is 0.290 e. The molecule has 2 aromatic carbocycles. The molecule has 1 aliphatic rings. The lowest BCUT2D eigenvalue weighted by molar-refractivity contribution is -0.118. The number of thioether (sulfide) groups is 1. The molecule has 0 aliphatic carbocycles. The molecule has 0 aromatic heterocycles. The van der Waals surface area contributed by atoms with E-state index >= 15 is 0 Å². The third kappa shape index (κ3) is 4.92. The van der Waals surface area contributed by atoms with Gasteiger partial charge in [0, 0.05) is 5.69 Å². The fraction of sp³-hybridized carbons (Fsp3) is 0.150. The summed E-state index contributed by atoms with van der Waals surface area (Å²) in [5, 5.41) is 4.57. The van der Waals surface area contributed by atoms with Crippen LogP contribution in [0.25, 0.3) is 6.08 Å². The lowest BCUT2D eigenvalue weighted by Crippen LogP contribution is -2.20. The summed E-state index contributed by atoms with van der Waals surface area (Å²) in [6.45, 7) is 1.76. The SMILES string of the molecule is COc1cc(C=C2SC(=O)NC2=O)ccc1OCC(=O)Nc1cccc(C)c1. The van der Waals surface area contributed by atoms with Crippen molar-refractivity contribution in [2.45, 2.75) is 6.92 Å². The van der Waals surface area contributed by atoms with Crippen LogP contribution in [0.2, 0.25) is 0 Å². The fourth-order valence-electron chi connectivity index (χ4n) is 2.53. The van der Waals surface area contributed by atoms with E-state index in [1.54, 1.807) is 30.3 Å². The minimum Gasteiger partial charge on any atom is -0.493 e. The highest BCUT2D eigenvalue weighted by atomic mass is 32.2. The van der Waals surface area contributed by atoms with E-state index in [0.717, 1.165) is 17.3 Å². The van der Waals surface area contributed by atoms with Crippen LogP contribution in [-0.2, 0) is 9.59 Å². The number of imide groups is 1. The molecular formula is C20H18N2O5S. The van der Waals surface area contributed by atoms with Crippen molar-refractivity contribution in [3.63, 3.8) is 0 Å². The van der Waals surface area contributed by atoms with Crippen molar-refractivity contribution in [2.24, 2.45) is 0 Å². The first kappa shape index (κ1) is 19.5. The highest BCUT2D eigenvalue weighted by molar-refractivity contribution is 8.18. The fourth-order valence-corrected chi connectivity index (χ4v) is 3.21. The van der Waals surface area contributed by atoms with Gasteiger partial charge < -0.3 is 14.8 Å². The van der Waals surface area contributed by atoms with E-state index in [4.69, 9.17) is 9.47 Å². The van der Waals surface area contributed by atoms with Crippen molar-refractivity contribution in [3.8, 4) is 11.5 Å². The van der Waals surface area contributed by atoms with Crippen LogP contribution in [0.4, 0.5) is 10.5 Å². The topological polar surface area (TPSA) is 93.7 Å². The summed E-state index contributed by atoms with van der Waals surface area (Å²) in [6.07, 6.45) is 1.58. The van der Waals surface area contributed by atoms with Gasteiger partial charge in [0.25, 0.3) is 17.1 Å². The van der Waals surface area contributed by atoms with Gasteiger partial charge >= 0.3 is 0 Å². The molecule has 1 fully saturated rings. The van der Waals surface area contributed by atoms with Gasteiger partial charge in [-0.05, 0) is 60.2 Å². The maximum Gasteiger partial charge on any atom is 0.290 e. The first-order chi connectivity index (χ1) is 13.4. The van der Waals surface area contributed by atoms with Crippen LogP contribution in [0.15, 0.2) is 47.4 Å². The lowest BCUT2D eigenvalue weighted by Gasteiger charge is -2.12. The molecule has 8 heteroatoms. The van der Waals surface area contributed by atoms with Crippen molar-refractivity contribution >= 4 is 40.6 Å². The number of benzene rings is 2. The Hall–Kier alpha value is -3.26. The minimum atomic E-state index is -0.429. The number of amides is 3. The van der Waals surface area contributed by atoms with Gasteiger partial charge in [-0.3, -0.25) is 19.7 Å². The highest BCUT2D eigenvalue weighted by Gasteiger charge is 2.25. The molecule has 0 unspecified atom stereocenters. The summed E-state index contributed by atoms with van der Waals surface area (Å²) < 4.78 is 10.9. The van der Waals surface area contributed by atoms with E-state index in [2.05, 4.69) is 10.6 Å². The van der Waals surface area contributed by atoms with E-state index < -0.39 is 11.1 Å². The van der Waals surface area contributed by atoms with Crippen LogP contribution >= 0.6 is 11.8 Å². The Balaban J connectivity index is 1.65. The summed E-state index contributed by atoms with van der Waals surface area (Å²) in [5.41, 5.74) is 2.41. The molecule has 0 saturated carbocycles. The molecule has 7 nitrogen and oxygen atoms in total. The Morgan fingerprint density at radius 2 is 2.00 bits per heavy atom. The Bertz CT molecular complexity index is 971. The number of carbonyl (C=O) groups excluding carboxylic acids is 3. The molecule has 3 rings (SSSR count). The molecule has 0 radical (unpaired) electrons. The van der Waals surface area contributed by atoms with Gasteiger partial charge in [-0.2, -0.15) is 0 Å². The number of carbonyl (C=O) groups is 3. The average Bonchev–Trinajstić information content (AvgIpc) is 2.97. The van der Waals surface area contributed by atoms with Gasteiger partial charge in [-0.25, -0.2) is 0 Å². The van der Waals surface area contributed by atoms with E-state index in [9.17, 15) is 14.4 Å². The first-order valence-corrected chi connectivity index (χ1v) is 9.18. The zero-order valence-corrected chi connectivity index (χ0v) is 16.1. The Morgan fingerprint density at radius 1 is 1.18 bits per heavy atom. The number of nitrogens with one attached hydrogen (secondary N) is 2. The standard InChI is InChI=1S/C20H18N2O5S/c1-12-4-3-5-14(8-12)21-18(23)11-27-15-7-6-13(9-16(15)26-2)10-17-19(24)22-20(25)28-17/h3-10H,11H2,1-2H3,(H,21,23)(H,22,24,25). The number of hydrogen-bond donors (Lipinski definition) is 2. The second-order valence-electron chi connectivity index (χ2n) is 5.97. The zero-order chi connectivity index (χ0) is 20.1. The Kier molecular flexibility index (Phi) is 6.00. The molecular weight excluding hydrogens is 380 g/mol. The highest BCUT2D eigenvalue weighted by Crippen LogP contribution is 2.31. The number of anilines is 1. The van der Waals surface area contributed by atoms with Gasteiger partial charge in [0.15, 0.2) is 18.1 Å². The predicted molar refractivity (Wildman–Crippen MR) is 107 cm³/mol. The second kappa shape index (κ2) is 8.62. The largest absolute Gasteiger partial charge is 0.493 e. The molecule has 0 bridgehead atoms. The first-order valence-electron chi connectivity index (χ1n) is 8.37. The number of hydrogen-bond acceptors (Lipinski definition) is 6. The normalized spacial score (nSPS) is 14.7. The average molecular weight is 398 g/mol. The second-order valence-corrected chi connectivity index (χ2v) is 6.98. The zero-order valence-electron chi connectivity index (χ0n) is 15.3. The van der Waals surface area contributed by atoms with Crippen LogP contribution in [0.1, 0.15) is 11.1 Å². The van der Waals surface area contributed by atoms with Crippen LogP contribution in [0.5, 0.6) is 11.5 Å². The van der Waals surface area contributed by atoms with Crippen molar-refractivity contribution in [1.29, 1.82) is 0 Å². The van der Waals surface area contributed by atoms with Crippen LogP contribution in [0.3, 0.4) is 0 Å². The van der Waals surface area contributed by atoms with Crippen molar-refractivity contribution < 1.29 is 23.9 Å². The minimum absolute atomic E-state index is 0.183. The summed E-state index contributed by atoms with van der Waals surface area (Å²) in [4.78, 5) is 35.3.